The second-order valence-corrected chi connectivity index (χ2v) is 46.6. The van der Waals surface area contributed by atoms with Crippen LogP contribution >= 0.6 is 22.9 Å². The van der Waals surface area contributed by atoms with Crippen LogP contribution in [0.15, 0.2) is 166 Å². The third kappa shape index (κ3) is 19.5. The standard InChI is InChI=1S/C28H26N6O3S.C27H28N6O3S.C26H25ClN6O3S.C26H26N6O2S2/c1-29-22-6-5-19-3-2-4-20(23(19)22)26-31-24-21-15-18(17-33-9-13-38(35)14-10-33)16-30-28(21)37-25(24)27(32-26)34-7-11-36-12-8-34;1-17-14-28-21-4-2-3-19(22(17)21)25-30-23-20-13-18(16-32-7-11-37(34)12-8-32)15-29-27(20)36-24(23)26(31-25)33-5-9-35-10-6-33;27-17-12-19(18-1-2-28-21(18)13-17)24-30-22-20-11-16(15-32-5-9-37(34)10-6-32)14-29-26(20)36-23(22)25(31-24)33-3-7-35-8-4-33;33-36-12-8-31(9-13-36)16-17-14-20-22-23(35-26(20)28-15-17)25(32-6-10-34-11-7-32)30-24(29-22)19-2-1-3-21-18(19)4-5-27-21/h2-4,6,15-16H,5,7-14,17H2;2-4,13-15,28H,5-12,16H2,1H3;1-2,11-14,28H,3-10,15H2;1-5,14-15,27H,6-13,16H2. The van der Waals surface area contributed by atoms with Crippen LogP contribution in [0.1, 0.15) is 38.9 Å². The molecular weight excluding hydrogens is 1990 g/mol. The summed E-state index contributed by atoms with van der Waals surface area (Å²) in [6.07, 6.45) is 16.2. The van der Waals surface area contributed by atoms with E-state index < -0.39 is 43.2 Å². The average Bonchev–Trinajstić information content (AvgIpc) is 1.59. The Balaban J connectivity index is 0.000000103. The highest BCUT2D eigenvalue weighted by Gasteiger charge is 2.34. The second kappa shape index (κ2) is 41.9. The summed E-state index contributed by atoms with van der Waals surface area (Å²) >= 11 is 8.15. The number of fused-ring (bicyclic) bond motifs is 16. The molecule has 41 heteroatoms. The molecular formula is C107H105ClN24O11S5. The van der Waals surface area contributed by atoms with Crippen LogP contribution in [0.3, 0.4) is 0 Å². The van der Waals surface area contributed by atoms with Crippen molar-refractivity contribution in [2.45, 2.75) is 39.5 Å². The van der Waals surface area contributed by atoms with Crippen LogP contribution in [0, 0.1) is 13.5 Å². The quantitative estimate of drug-likeness (QED) is 0.0756. The van der Waals surface area contributed by atoms with Gasteiger partial charge in [0.15, 0.2) is 69.0 Å². The molecule has 23 heterocycles. The summed E-state index contributed by atoms with van der Waals surface area (Å²) in [6, 6.07) is 35.0. The molecule has 15 aromatic heterocycles. The van der Waals surface area contributed by atoms with Crippen molar-refractivity contribution in [2.75, 3.05) is 223 Å². The first kappa shape index (κ1) is 95.9. The Morgan fingerprint density at radius 3 is 1.25 bits per heavy atom. The summed E-state index contributed by atoms with van der Waals surface area (Å²) in [7, 11) is -2.78. The number of rotatable bonds is 16. The molecule has 3 N–H and O–H groups in total. The minimum atomic E-state index is -0.708. The van der Waals surface area contributed by atoms with Crippen LogP contribution in [-0.2, 0) is 94.7 Å². The fraction of sp³-hybridized carbons (Fsp3) is 0.355. The number of benzene rings is 4. The third-order valence-electron chi connectivity index (χ3n) is 28.9. The Kier molecular flexibility index (Phi) is 27.1. The molecule has 9 aliphatic rings. The minimum absolute atomic E-state index is 0.532. The Hall–Kier alpha value is -13.0. The molecule has 0 unspecified atom stereocenters. The first-order valence-corrected chi connectivity index (χ1v) is 57.4. The normalized spacial score (nSPS) is 18.1. The summed E-state index contributed by atoms with van der Waals surface area (Å²) in [5, 5.41) is 7.55. The van der Waals surface area contributed by atoms with Gasteiger partial charge < -0.3 is 66.8 Å². The number of aromatic nitrogens is 15. The first-order chi connectivity index (χ1) is 72.7. The highest BCUT2D eigenvalue weighted by Crippen LogP contribution is 2.46. The smallest absolute Gasteiger partial charge is 0.229 e. The molecule has 0 saturated carbocycles. The number of H-pyrrole nitrogens is 3. The lowest BCUT2D eigenvalue weighted by molar-refractivity contribution is 0.122. The number of allylic oxidation sites excluding steroid dienone is 1. The maximum absolute atomic E-state index is 11.8. The lowest BCUT2D eigenvalue weighted by atomic mass is 10.0. The number of anilines is 4. The fourth-order valence-corrected chi connectivity index (χ4v) is 27.0. The zero-order valence-electron chi connectivity index (χ0n) is 81.4. The van der Waals surface area contributed by atoms with Gasteiger partial charge in [-0.05, 0) is 113 Å². The number of morpholine rings is 4. The molecule has 1 aliphatic carbocycles. The Morgan fingerprint density at radius 2 is 0.777 bits per heavy atom. The first-order valence-electron chi connectivity index (χ1n) is 50.2. The van der Waals surface area contributed by atoms with Gasteiger partial charge in [0, 0.05) is 329 Å². The van der Waals surface area contributed by atoms with Gasteiger partial charge in [0.25, 0.3) is 0 Å². The number of aromatic amines is 3. The largest absolute Gasteiger partial charge is 0.432 e. The van der Waals surface area contributed by atoms with Crippen molar-refractivity contribution in [1.82, 2.24) is 94.4 Å². The number of furan rings is 3. The van der Waals surface area contributed by atoms with Gasteiger partial charge in [0.2, 0.25) is 17.1 Å². The Morgan fingerprint density at radius 1 is 0.392 bits per heavy atom. The second-order valence-electron chi connectivity index (χ2n) is 38.4. The van der Waals surface area contributed by atoms with Crippen molar-refractivity contribution in [1.29, 1.82) is 0 Å². The molecule has 19 aromatic rings. The predicted molar refractivity (Wildman–Crippen MR) is 584 cm³/mol. The van der Waals surface area contributed by atoms with E-state index in [1.54, 1.807) is 11.3 Å². The SMILES string of the molecule is Cc1c[nH]c2cccc(-c3nc(N4CCOCC4)c4oc5ncc(CN6CCS(=O)CC6)cc5c4n3)c12.O=S1CCN(Cc2cnc3oc4c(N5CCOCC5)nc(-c5cc(Cl)cc6[nH]ccc56)nc4c3c2)CC1.O=S1CCN(Cc2cnc3sc4c(N5CCOCC5)nc(-c5cccc6[nH]ccc56)nc4c3c2)CC1.[C-]#[N+]C1=CCc2cccc(-c3nc(N4CCOCC4)c4oc5ncc(CN6CCS(=O)CC6)cc5c4n3)c21. The van der Waals surface area contributed by atoms with E-state index in [1.807, 2.05) is 91.9 Å². The van der Waals surface area contributed by atoms with Gasteiger partial charge >= 0.3 is 0 Å². The third-order valence-corrected chi connectivity index (χ3v) is 35.3. The number of aryl methyl sites for hydroxylation is 1. The van der Waals surface area contributed by atoms with Crippen molar-refractivity contribution in [3.63, 3.8) is 0 Å². The predicted octanol–water partition coefficient (Wildman–Crippen LogP) is 15.0. The fourth-order valence-electron chi connectivity index (χ4n) is 21.2. The summed E-state index contributed by atoms with van der Waals surface area (Å²) in [4.78, 5) is 92.3. The minimum Gasteiger partial charge on any atom is -0.432 e. The Bertz CT molecular complexity index is 8340. The van der Waals surface area contributed by atoms with Crippen molar-refractivity contribution in [2.24, 2.45) is 0 Å². The number of nitrogens with zero attached hydrogens (tertiary/aromatic N) is 21. The molecule has 28 rings (SSSR count). The number of hydrogen-bond acceptors (Lipinski definition) is 32. The number of thiophene rings is 1. The highest BCUT2D eigenvalue weighted by atomic mass is 35.5. The Labute approximate surface area is 868 Å². The lowest BCUT2D eigenvalue weighted by Crippen LogP contribution is -2.37. The molecule has 8 fully saturated rings. The maximum Gasteiger partial charge on any atom is 0.229 e. The van der Waals surface area contributed by atoms with Gasteiger partial charge in [-0.25, -0.2) is 64.7 Å². The summed E-state index contributed by atoms with van der Waals surface area (Å²) in [5.41, 5.74) is 21.8. The molecule has 0 radical (unpaired) electrons. The van der Waals surface area contributed by atoms with Crippen LogP contribution in [-0.4, -0.2) is 315 Å². The molecule has 0 bridgehead atoms. The van der Waals surface area contributed by atoms with Crippen molar-refractivity contribution in [3.05, 3.63) is 208 Å². The van der Waals surface area contributed by atoms with E-state index in [4.69, 9.17) is 95.2 Å². The van der Waals surface area contributed by atoms with Gasteiger partial charge in [0.05, 0.1) is 85.8 Å². The molecule has 0 atom stereocenters. The van der Waals surface area contributed by atoms with E-state index in [1.165, 1.54) is 0 Å². The van der Waals surface area contributed by atoms with Crippen LogP contribution in [0.5, 0.6) is 0 Å². The van der Waals surface area contributed by atoms with E-state index in [2.05, 4.69) is 142 Å². The number of ether oxygens (including phenoxy) is 4. The number of halogens is 1. The molecule has 8 aliphatic heterocycles. The maximum atomic E-state index is 11.8. The monoisotopic (exact) mass is 2100 g/mol. The molecule has 4 aromatic carbocycles. The lowest BCUT2D eigenvalue weighted by Gasteiger charge is -2.28. The van der Waals surface area contributed by atoms with Crippen LogP contribution in [0.25, 0.3) is 176 Å². The van der Waals surface area contributed by atoms with E-state index >= 15 is 0 Å². The van der Waals surface area contributed by atoms with Crippen molar-refractivity contribution in [3.8, 4) is 45.6 Å². The van der Waals surface area contributed by atoms with Crippen LogP contribution in [0.4, 0.5) is 23.3 Å². The molecule has 148 heavy (non-hydrogen) atoms. The summed E-state index contributed by atoms with van der Waals surface area (Å²) in [5.74, 6) is 11.6. The van der Waals surface area contributed by atoms with Crippen LogP contribution in [0.2, 0.25) is 5.02 Å². The number of pyridine rings is 4. The summed E-state index contributed by atoms with van der Waals surface area (Å²) < 4.78 is 89.5. The zero-order chi connectivity index (χ0) is 99.6. The molecule has 0 amide bonds. The van der Waals surface area contributed by atoms with Crippen molar-refractivity contribution >= 4 is 215 Å². The van der Waals surface area contributed by atoms with Gasteiger partial charge in [-0.15, -0.1) is 11.3 Å². The van der Waals surface area contributed by atoms with E-state index in [-0.39, 0.29) is 0 Å². The number of nitrogens with one attached hydrogen (secondary N) is 3. The van der Waals surface area contributed by atoms with E-state index in [0.717, 1.165) is 322 Å². The number of hydrogen-bond donors (Lipinski definition) is 3. The van der Waals surface area contributed by atoms with Gasteiger partial charge in [-0.2, -0.15) is 0 Å². The molecule has 35 nitrogen and oxygen atoms in total. The van der Waals surface area contributed by atoms with Gasteiger partial charge in [-0.1, -0.05) is 60.1 Å². The van der Waals surface area contributed by atoms with Crippen molar-refractivity contribution < 1.29 is 49.0 Å². The van der Waals surface area contributed by atoms with E-state index in [0.29, 0.717) is 153 Å². The van der Waals surface area contributed by atoms with E-state index in [9.17, 15) is 16.8 Å². The summed E-state index contributed by atoms with van der Waals surface area (Å²) in [6.45, 7) is 30.7. The molecule has 8 saturated heterocycles. The van der Waals surface area contributed by atoms with Crippen LogP contribution < -0.4 is 19.6 Å². The highest BCUT2D eigenvalue weighted by molar-refractivity contribution is 7.85. The zero-order valence-corrected chi connectivity index (χ0v) is 86.2. The van der Waals surface area contributed by atoms with Gasteiger partial charge in [-0.3, -0.25) is 36.4 Å². The molecule has 756 valence electrons. The topological polar surface area (TPSA) is 377 Å². The van der Waals surface area contributed by atoms with Gasteiger partial charge in [0.1, 0.15) is 21.4 Å². The molecule has 0 spiro atoms. The average molecular weight is 2100 g/mol.